The first-order valence-electron chi connectivity index (χ1n) is 7.37. The number of aromatic nitrogens is 4. The van der Waals surface area contributed by atoms with E-state index in [0.29, 0.717) is 29.5 Å². The van der Waals surface area contributed by atoms with Gasteiger partial charge in [0.05, 0.1) is 19.3 Å². The van der Waals surface area contributed by atoms with Crippen LogP contribution in [0, 0.1) is 6.92 Å². The van der Waals surface area contributed by atoms with Crippen LogP contribution in [-0.4, -0.2) is 32.8 Å². The van der Waals surface area contributed by atoms with E-state index in [-0.39, 0.29) is 0 Å². The Morgan fingerprint density at radius 1 is 1.25 bits per heavy atom. The van der Waals surface area contributed by atoms with E-state index in [1.165, 1.54) is 0 Å². The van der Waals surface area contributed by atoms with Gasteiger partial charge in [0.2, 0.25) is 0 Å². The minimum atomic E-state index is -0.539. The smallest absolute Gasteiger partial charge is 0.267 e. The Hall–Kier alpha value is -3.22. The number of nitrogens with zero attached hydrogens (tertiary/aromatic N) is 4. The third-order valence-electron chi connectivity index (χ3n) is 3.54. The maximum Gasteiger partial charge on any atom is 0.267 e. The highest BCUT2D eigenvalue weighted by molar-refractivity contribution is 5.92. The molecule has 0 unspecified atom stereocenters. The summed E-state index contributed by atoms with van der Waals surface area (Å²) in [7, 11) is 1.61. The van der Waals surface area contributed by atoms with Crippen molar-refractivity contribution in [2.24, 2.45) is 5.73 Å². The van der Waals surface area contributed by atoms with Crippen LogP contribution in [0.25, 0.3) is 11.4 Å². The SMILES string of the molecule is COc1cccc(Cn2nc(-c3ccnc(C)n3)cc2C(N)=O)c1. The predicted molar refractivity (Wildman–Crippen MR) is 88.6 cm³/mol. The van der Waals surface area contributed by atoms with Gasteiger partial charge in [-0.15, -0.1) is 0 Å². The van der Waals surface area contributed by atoms with Crippen LogP contribution in [0.4, 0.5) is 0 Å². The molecule has 0 aliphatic carbocycles. The summed E-state index contributed by atoms with van der Waals surface area (Å²) < 4.78 is 6.79. The second-order valence-electron chi connectivity index (χ2n) is 5.28. The highest BCUT2D eigenvalue weighted by Gasteiger charge is 2.15. The van der Waals surface area contributed by atoms with E-state index < -0.39 is 5.91 Å². The lowest BCUT2D eigenvalue weighted by atomic mass is 10.2. The molecule has 0 fully saturated rings. The topological polar surface area (TPSA) is 95.9 Å². The Morgan fingerprint density at radius 3 is 2.79 bits per heavy atom. The number of methoxy groups -OCH3 is 1. The molecular formula is C17H17N5O2. The van der Waals surface area contributed by atoms with Crippen LogP contribution in [0.15, 0.2) is 42.6 Å². The van der Waals surface area contributed by atoms with Gasteiger partial charge in [0.15, 0.2) is 0 Å². The minimum absolute atomic E-state index is 0.323. The number of hydrogen-bond acceptors (Lipinski definition) is 5. The van der Waals surface area contributed by atoms with E-state index in [1.54, 1.807) is 37.0 Å². The van der Waals surface area contributed by atoms with Gasteiger partial charge in [-0.25, -0.2) is 9.97 Å². The van der Waals surface area contributed by atoms with E-state index in [0.717, 1.165) is 11.3 Å². The number of amides is 1. The van der Waals surface area contributed by atoms with Crippen molar-refractivity contribution in [2.75, 3.05) is 7.11 Å². The van der Waals surface area contributed by atoms with Crippen LogP contribution in [0.1, 0.15) is 21.9 Å². The maximum atomic E-state index is 11.8. The lowest BCUT2D eigenvalue weighted by Gasteiger charge is -2.07. The fourth-order valence-electron chi connectivity index (χ4n) is 2.40. The average Bonchev–Trinajstić information content (AvgIpc) is 2.99. The summed E-state index contributed by atoms with van der Waals surface area (Å²) in [4.78, 5) is 20.1. The van der Waals surface area contributed by atoms with E-state index in [1.807, 2.05) is 24.3 Å². The largest absolute Gasteiger partial charge is 0.497 e. The van der Waals surface area contributed by atoms with E-state index in [2.05, 4.69) is 15.1 Å². The molecule has 0 radical (unpaired) electrons. The molecule has 1 amide bonds. The first-order valence-corrected chi connectivity index (χ1v) is 7.37. The Balaban J connectivity index is 1.99. The molecule has 0 aliphatic rings. The molecule has 7 heteroatoms. The molecule has 7 nitrogen and oxygen atoms in total. The summed E-state index contributed by atoms with van der Waals surface area (Å²) in [6, 6.07) is 11.0. The van der Waals surface area contributed by atoms with Gasteiger partial charge in [0.25, 0.3) is 5.91 Å². The zero-order valence-electron chi connectivity index (χ0n) is 13.4. The van der Waals surface area contributed by atoms with E-state index in [4.69, 9.17) is 10.5 Å². The third kappa shape index (κ3) is 3.24. The van der Waals surface area contributed by atoms with Crippen molar-refractivity contribution in [1.82, 2.24) is 19.7 Å². The lowest BCUT2D eigenvalue weighted by Crippen LogP contribution is -2.18. The Morgan fingerprint density at radius 2 is 2.08 bits per heavy atom. The highest BCUT2D eigenvalue weighted by Crippen LogP contribution is 2.19. The number of primary amides is 1. The first kappa shape index (κ1) is 15.7. The molecule has 3 aromatic rings. The normalized spacial score (nSPS) is 10.6. The van der Waals surface area contributed by atoms with Crippen LogP contribution < -0.4 is 10.5 Å². The molecule has 3 rings (SSSR count). The quantitative estimate of drug-likeness (QED) is 0.772. The maximum absolute atomic E-state index is 11.8. The van der Waals surface area contributed by atoms with Crippen LogP contribution >= 0.6 is 0 Å². The van der Waals surface area contributed by atoms with Crippen LogP contribution in [-0.2, 0) is 6.54 Å². The zero-order valence-corrected chi connectivity index (χ0v) is 13.4. The van der Waals surface area contributed by atoms with Crippen molar-refractivity contribution in [3.63, 3.8) is 0 Å². The predicted octanol–water partition coefficient (Wildman–Crippen LogP) is 1.80. The second-order valence-corrected chi connectivity index (χ2v) is 5.28. The number of benzene rings is 1. The van der Waals surface area contributed by atoms with Crippen LogP contribution in [0.5, 0.6) is 5.75 Å². The number of hydrogen-bond donors (Lipinski definition) is 1. The van der Waals surface area contributed by atoms with Crippen molar-refractivity contribution in [3.05, 3.63) is 59.7 Å². The molecule has 2 N–H and O–H groups in total. The fraction of sp³-hybridized carbons (Fsp3) is 0.176. The van der Waals surface area contributed by atoms with Crippen molar-refractivity contribution >= 4 is 5.91 Å². The Labute approximate surface area is 139 Å². The van der Waals surface area contributed by atoms with Gasteiger partial charge < -0.3 is 10.5 Å². The average molecular weight is 323 g/mol. The third-order valence-corrected chi connectivity index (χ3v) is 3.54. The van der Waals surface area contributed by atoms with Gasteiger partial charge in [-0.1, -0.05) is 12.1 Å². The van der Waals surface area contributed by atoms with Crippen molar-refractivity contribution in [2.45, 2.75) is 13.5 Å². The summed E-state index contributed by atoms with van der Waals surface area (Å²) in [6.45, 7) is 2.20. The molecular weight excluding hydrogens is 306 g/mol. The summed E-state index contributed by atoms with van der Waals surface area (Å²) in [5, 5.41) is 4.48. The number of rotatable bonds is 5. The number of ether oxygens (including phenoxy) is 1. The summed E-state index contributed by atoms with van der Waals surface area (Å²) >= 11 is 0. The molecule has 122 valence electrons. The molecule has 0 spiro atoms. The van der Waals surface area contributed by atoms with Gasteiger partial charge in [-0.05, 0) is 36.8 Å². The molecule has 0 bridgehead atoms. The Bertz CT molecular complexity index is 888. The Kier molecular flexibility index (Phi) is 4.24. The summed E-state index contributed by atoms with van der Waals surface area (Å²) in [5.74, 6) is 0.838. The number of carbonyl (C=O) groups excluding carboxylic acids is 1. The van der Waals surface area contributed by atoms with Gasteiger partial charge in [-0.2, -0.15) is 5.10 Å². The van der Waals surface area contributed by atoms with Crippen LogP contribution in [0.2, 0.25) is 0 Å². The van der Waals surface area contributed by atoms with Gasteiger partial charge in [-0.3, -0.25) is 9.48 Å². The molecule has 1 aromatic carbocycles. The van der Waals surface area contributed by atoms with Crippen molar-refractivity contribution in [3.8, 4) is 17.1 Å². The first-order chi connectivity index (χ1) is 11.6. The van der Waals surface area contributed by atoms with E-state index in [9.17, 15) is 4.79 Å². The molecule has 0 aliphatic heterocycles. The monoisotopic (exact) mass is 323 g/mol. The fourth-order valence-corrected chi connectivity index (χ4v) is 2.40. The molecule has 24 heavy (non-hydrogen) atoms. The molecule has 0 saturated heterocycles. The number of aryl methyl sites for hydroxylation is 1. The molecule has 2 aromatic heterocycles. The lowest BCUT2D eigenvalue weighted by molar-refractivity contribution is 0.0990. The summed E-state index contributed by atoms with van der Waals surface area (Å²) in [6.07, 6.45) is 1.66. The van der Waals surface area contributed by atoms with Crippen molar-refractivity contribution < 1.29 is 9.53 Å². The van der Waals surface area contributed by atoms with Gasteiger partial charge in [0, 0.05) is 6.20 Å². The summed E-state index contributed by atoms with van der Waals surface area (Å²) in [5.41, 5.74) is 7.99. The van der Waals surface area contributed by atoms with E-state index >= 15 is 0 Å². The number of carbonyl (C=O) groups is 1. The zero-order chi connectivity index (χ0) is 17.1. The highest BCUT2D eigenvalue weighted by atomic mass is 16.5. The molecule has 2 heterocycles. The van der Waals surface area contributed by atoms with Crippen LogP contribution in [0.3, 0.4) is 0 Å². The number of nitrogens with two attached hydrogens (primary N) is 1. The van der Waals surface area contributed by atoms with Crippen molar-refractivity contribution in [1.29, 1.82) is 0 Å². The molecule has 0 saturated carbocycles. The molecule has 0 atom stereocenters. The minimum Gasteiger partial charge on any atom is -0.497 e. The standard InChI is InChI=1S/C17H17N5O2/c1-11-19-7-6-14(20-11)15-9-16(17(18)23)22(21-15)10-12-4-3-5-13(8-12)24-2/h3-9H,10H2,1-2H3,(H2,18,23). The van der Waals surface area contributed by atoms with Gasteiger partial charge in [0.1, 0.15) is 23.0 Å². The second kappa shape index (κ2) is 6.49. The van der Waals surface area contributed by atoms with Gasteiger partial charge >= 0.3 is 0 Å².